The van der Waals surface area contributed by atoms with Crippen molar-refractivity contribution in [1.29, 1.82) is 0 Å². The molecule has 1 aliphatic rings. The molecule has 0 amide bonds. The molecular formula is C20H19F5N2O3. The van der Waals surface area contributed by atoms with Gasteiger partial charge in [-0.1, -0.05) is 6.07 Å². The summed E-state index contributed by atoms with van der Waals surface area (Å²) in [4.78, 5) is 17.5. The molecule has 0 fully saturated rings. The molecule has 1 aromatic carbocycles. The van der Waals surface area contributed by atoms with E-state index in [-0.39, 0.29) is 28.3 Å². The van der Waals surface area contributed by atoms with Crippen LogP contribution < -0.4 is 15.8 Å². The third-order valence-electron chi connectivity index (χ3n) is 4.83. The first-order valence-corrected chi connectivity index (χ1v) is 8.82. The third kappa shape index (κ3) is 3.34. The van der Waals surface area contributed by atoms with E-state index in [1.807, 2.05) is 0 Å². The smallest absolute Gasteiger partial charge is 0.458 e. The van der Waals surface area contributed by atoms with Gasteiger partial charge in [0.2, 0.25) is 0 Å². The lowest BCUT2D eigenvalue weighted by Crippen LogP contribution is -2.43. The van der Waals surface area contributed by atoms with Crippen LogP contribution in [0.4, 0.5) is 22.0 Å². The average Bonchev–Trinajstić information content (AvgIpc) is 2.62. The van der Waals surface area contributed by atoms with Crippen molar-refractivity contribution < 1.29 is 31.5 Å². The Hall–Kier alpha value is -2.88. The Morgan fingerprint density at radius 2 is 1.77 bits per heavy atom. The summed E-state index contributed by atoms with van der Waals surface area (Å²) in [5.74, 6) is -5.03. The van der Waals surface area contributed by atoms with Gasteiger partial charge >= 0.3 is 12.1 Å². The predicted molar refractivity (Wildman–Crippen MR) is 99.0 cm³/mol. The number of benzene rings is 1. The standard InChI is InChI=1S/C20H19F5N2O3/c1-11-12(19(21,22)20(23,24)25)8-9-13-15(11)16(27-10-6-5-7-14(27)28)17(26-29-4)18(2,3)30-13/h5-10,26H,1-4H3. The van der Waals surface area contributed by atoms with Crippen LogP contribution in [0, 0.1) is 6.92 Å². The van der Waals surface area contributed by atoms with Crippen LogP contribution in [0.3, 0.4) is 0 Å². The van der Waals surface area contributed by atoms with E-state index in [1.165, 1.54) is 31.5 Å². The lowest BCUT2D eigenvalue weighted by molar-refractivity contribution is -0.289. The Morgan fingerprint density at radius 3 is 2.33 bits per heavy atom. The molecule has 1 N–H and O–H groups in total. The molecule has 30 heavy (non-hydrogen) atoms. The number of rotatable bonds is 4. The summed E-state index contributed by atoms with van der Waals surface area (Å²) in [7, 11) is 1.30. The summed E-state index contributed by atoms with van der Waals surface area (Å²) < 4.78 is 74.6. The van der Waals surface area contributed by atoms with Crippen molar-refractivity contribution in [1.82, 2.24) is 10.0 Å². The number of nitrogens with one attached hydrogen (secondary N) is 1. The van der Waals surface area contributed by atoms with Gasteiger partial charge in [-0.15, -0.1) is 0 Å². The molecule has 0 saturated carbocycles. The number of nitrogens with zero attached hydrogens (tertiary/aromatic N) is 1. The zero-order valence-electron chi connectivity index (χ0n) is 16.5. The van der Waals surface area contributed by atoms with Crippen LogP contribution in [0.5, 0.6) is 5.75 Å². The average molecular weight is 430 g/mol. The van der Waals surface area contributed by atoms with E-state index < -0.39 is 28.8 Å². The van der Waals surface area contributed by atoms with Gasteiger partial charge in [0.05, 0.1) is 12.8 Å². The van der Waals surface area contributed by atoms with Gasteiger partial charge in [-0.3, -0.25) is 19.7 Å². The fraction of sp³-hybridized carbons (Fsp3) is 0.350. The van der Waals surface area contributed by atoms with Crippen LogP contribution in [-0.4, -0.2) is 23.5 Å². The molecule has 10 heteroatoms. The molecule has 162 valence electrons. The second-order valence-electron chi connectivity index (χ2n) is 7.23. The van der Waals surface area contributed by atoms with Gasteiger partial charge in [0.25, 0.3) is 5.56 Å². The molecule has 1 aliphatic heterocycles. The van der Waals surface area contributed by atoms with Gasteiger partial charge < -0.3 is 4.74 Å². The minimum atomic E-state index is -5.79. The van der Waals surface area contributed by atoms with Crippen molar-refractivity contribution in [3.63, 3.8) is 0 Å². The van der Waals surface area contributed by atoms with Crippen LogP contribution in [0.25, 0.3) is 5.70 Å². The number of fused-ring (bicyclic) bond motifs is 1. The van der Waals surface area contributed by atoms with Crippen molar-refractivity contribution in [2.45, 2.75) is 38.5 Å². The molecule has 0 atom stereocenters. The number of hydrogen-bond acceptors (Lipinski definition) is 4. The molecule has 2 heterocycles. The van der Waals surface area contributed by atoms with E-state index in [9.17, 15) is 26.7 Å². The summed E-state index contributed by atoms with van der Waals surface area (Å²) in [5.41, 5.74) is -0.458. The lowest BCUT2D eigenvalue weighted by Gasteiger charge is -2.38. The van der Waals surface area contributed by atoms with Crippen molar-refractivity contribution in [2.75, 3.05) is 7.11 Å². The molecule has 3 rings (SSSR count). The van der Waals surface area contributed by atoms with Crippen LogP contribution in [0.1, 0.15) is 30.5 Å². The highest BCUT2D eigenvalue weighted by Gasteiger charge is 2.59. The third-order valence-corrected chi connectivity index (χ3v) is 4.83. The highest BCUT2D eigenvalue weighted by molar-refractivity contribution is 5.79. The fourth-order valence-corrected chi connectivity index (χ4v) is 3.42. The topological polar surface area (TPSA) is 52.5 Å². The van der Waals surface area contributed by atoms with Crippen molar-refractivity contribution in [2.24, 2.45) is 0 Å². The molecule has 0 unspecified atom stereocenters. The van der Waals surface area contributed by atoms with Gasteiger partial charge in [0.1, 0.15) is 17.0 Å². The Labute approximate surface area is 168 Å². The zero-order chi connectivity index (χ0) is 22.5. The quantitative estimate of drug-likeness (QED) is 0.579. The largest absolute Gasteiger partial charge is 0.481 e. The zero-order valence-corrected chi connectivity index (χ0v) is 16.5. The first-order chi connectivity index (χ1) is 13.8. The van der Waals surface area contributed by atoms with Crippen LogP contribution in [0.15, 0.2) is 47.0 Å². The minimum absolute atomic E-state index is 0.0611. The van der Waals surface area contributed by atoms with Crippen molar-refractivity contribution in [3.05, 3.63) is 69.3 Å². The van der Waals surface area contributed by atoms with Gasteiger partial charge in [0.15, 0.2) is 0 Å². The van der Waals surface area contributed by atoms with Gasteiger partial charge in [-0.2, -0.15) is 22.0 Å². The van der Waals surface area contributed by atoms with E-state index in [0.717, 1.165) is 17.6 Å². The Morgan fingerprint density at radius 1 is 1.10 bits per heavy atom. The first-order valence-electron chi connectivity index (χ1n) is 8.82. The number of alkyl halides is 5. The summed E-state index contributed by atoms with van der Waals surface area (Å²) in [6.45, 7) is 4.41. The molecule has 5 nitrogen and oxygen atoms in total. The van der Waals surface area contributed by atoms with E-state index in [1.54, 1.807) is 13.8 Å². The summed E-state index contributed by atoms with van der Waals surface area (Å²) in [6, 6.07) is 6.00. The maximum Gasteiger partial charge on any atom is 0.458 e. The summed E-state index contributed by atoms with van der Waals surface area (Å²) >= 11 is 0. The monoisotopic (exact) mass is 430 g/mol. The molecule has 1 aromatic heterocycles. The van der Waals surface area contributed by atoms with Gasteiger partial charge in [-0.05, 0) is 44.5 Å². The number of hydrogen-bond donors (Lipinski definition) is 1. The van der Waals surface area contributed by atoms with Gasteiger partial charge in [-0.25, -0.2) is 0 Å². The Bertz CT molecular complexity index is 1070. The van der Waals surface area contributed by atoms with Crippen molar-refractivity contribution in [3.8, 4) is 5.75 Å². The molecular weight excluding hydrogens is 411 g/mol. The maximum atomic E-state index is 14.2. The molecule has 0 bridgehead atoms. The molecule has 0 radical (unpaired) electrons. The van der Waals surface area contributed by atoms with E-state index in [0.29, 0.717) is 6.07 Å². The molecule has 0 saturated heterocycles. The second-order valence-corrected chi connectivity index (χ2v) is 7.23. The van der Waals surface area contributed by atoms with E-state index >= 15 is 0 Å². The minimum Gasteiger partial charge on any atom is -0.481 e. The van der Waals surface area contributed by atoms with Gasteiger partial charge in [0, 0.05) is 23.4 Å². The Balaban J connectivity index is 2.43. The second kappa shape index (κ2) is 7.12. The molecule has 0 aliphatic carbocycles. The number of aromatic nitrogens is 1. The predicted octanol–water partition coefficient (Wildman–Crippen LogP) is 4.35. The first kappa shape index (κ1) is 21.8. The highest BCUT2D eigenvalue weighted by atomic mass is 19.4. The maximum absolute atomic E-state index is 14.2. The number of halogens is 5. The number of pyridine rings is 1. The summed E-state index contributed by atoms with van der Waals surface area (Å²) in [6.07, 6.45) is -4.41. The summed E-state index contributed by atoms with van der Waals surface area (Å²) in [5, 5.41) is 0. The van der Waals surface area contributed by atoms with E-state index in [4.69, 9.17) is 9.57 Å². The normalized spacial score (nSPS) is 16.2. The lowest BCUT2D eigenvalue weighted by atomic mass is 9.88. The molecule has 0 spiro atoms. The Kier molecular flexibility index (Phi) is 5.18. The number of ether oxygens (including phenoxy) is 1. The highest BCUT2D eigenvalue weighted by Crippen LogP contribution is 2.49. The SMILES string of the molecule is CONC1=C(n2ccccc2=O)c2c(ccc(C(F)(F)C(F)(F)F)c2C)OC1(C)C. The van der Waals surface area contributed by atoms with E-state index in [2.05, 4.69) is 5.48 Å². The van der Waals surface area contributed by atoms with Crippen LogP contribution >= 0.6 is 0 Å². The van der Waals surface area contributed by atoms with Crippen LogP contribution in [0.2, 0.25) is 0 Å². The number of hydroxylamine groups is 1. The van der Waals surface area contributed by atoms with Crippen molar-refractivity contribution >= 4 is 5.70 Å². The molecule has 2 aromatic rings. The van der Waals surface area contributed by atoms with Crippen LogP contribution in [-0.2, 0) is 10.8 Å². The fourth-order valence-electron chi connectivity index (χ4n) is 3.42.